The Bertz CT molecular complexity index is 505. The van der Waals surface area contributed by atoms with Gasteiger partial charge < -0.3 is 0 Å². The molecule has 14 heavy (non-hydrogen) atoms. The predicted molar refractivity (Wildman–Crippen MR) is 74.7 cm³/mol. The molecular formula is C10H4Br4. The van der Waals surface area contributed by atoms with Crippen molar-refractivity contribution in [3.63, 3.8) is 0 Å². The van der Waals surface area contributed by atoms with Crippen LogP contribution >= 0.6 is 63.7 Å². The van der Waals surface area contributed by atoms with Gasteiger partial charge in [-0.3, -0.25) is 0 Å². The van der Waals surface area contributed by atoms with Crippen molar-refractivity contribution in [2.75, 3.05) is 0 Å². The summed E-state index contributed by atoms with van der Waals surface area (Å²) in [7, 11) is 0. The van der Waals surface area contributed by atoms with Crippen molar-refractivity contribution in [3.05, 3.63) is 42.2 Å². The zero-order valence-electron chi connectivity index (χ0n) is 6.82. The van der Waals surface area contributed by atoms with Crippen molar-refractivity contribution < 1.29 is 0 Å². The first-order valence-corrected chi connectivity index (χ1v) is 7.00. The summed E-state index contributed by atoms with van der Waals surface area (Å²) in [4.78, 5) is 0. The summed E-state index contributed by atoms with van der Waals surface area (Å²) in [6, 6.07) is 8.24. The van der Waals surface area contributed by atoms with Crippen LogP contribution in [0.2, 0.25) is 0 Å². The van der Waals surface area contributed by atoms with E-state index in [1.54, 1.807) is 0 Å². The highest BCUT2D eigenvalue weighted by molar-refractivity contribution is 9.14. The lowest BCUT2D eigenvalue weighted by atomic mass is 10.1. The number of hydrogen-bond donors (Lipinski definition) is 0. The molecule has 0 fully saturated rings. The van der Waals surface area contributed by atoms with Gasteiger partial charge in [0.2, 0.25) is 0 Å². The second-order valence-corrected chi connectivity index (χ2v) is 6.12. The van der Waals surface area contributed by atoms with E-state index in [1.165, 1.54) is 10.8 Å². The van der Waals surface area contributed by atoms with Crippen LogP contribution in [0.25, 0.3) is 10.8 Å². The van der Waals surface area contributed by atoms with Crippen LogP contribution in [0.15, 0.2) is 42.2 Å². The van der Waals surface area contributed by atoms with Gasteiger partial charge in [0.25, 0.3) is 0 Å². The Morgan fingerprint density at radius 1 is 0.714 bits per heavy atom. The molecule has 0 saturated heterocycles. The van der Waals surface area contributed by atoms with Crippen molar-refractivity contribution in [2.24, 2.45) is 0 Å². The fraction of sp³-hybridized carbons (Fsp3) is 0. The molecule has 72 valence electrons. The number of benzene rings is 2. The van der Waals surface area contributed by atoms with E-state index < -0.39 is 0 Å². The SMILES string of the molecule is Brc1cc2c(Br)cccc2c(Br)c1Br. The van der Waals surface area contributed by atoms with Crippen molar-refractivity contribution in [2.45, 2.75) is 0 Å². The molecule has 0 heterocycles. The fourth-order valence-corrected chi connectivity index (χ4v) is 3.35. The van der Waals surface area contributed by atoms with E-state index >= 15 is 0 Å². The fourth-order valence-electron chi connectivity index (χ4n) is 1.29. The molecule has 0 nitrogen and oxygen atoms in total. The van der Waals surface area contributed by atoms with Gasteiger partial charge in [-0.25, -0.2) is 0 Å². The van der Waals surface area contributed by atoms with E-state index in [9.17, 15) is 0 Å². The van der Waals surface area contributed by atoms with Gasteiger partial charge in [-0.2, -0.15) is 0 Å². The number of rotatable bonds is 0. The normalized spacial score (nSPS) is 10.9. The Balaban J connectivity index is 2.98. The monoisotopic (exact) mass is 440 g/mol. The molecule has 4 heteroatoms. The minimum Gasteiger partial charge on any atom is -0.0605 e. The Morgan fingerprint density at radius 2 is 1.43 bits per heavy atom. The zero-order valence-corrected chi connectivity index (χ0v) is 13.2. The molecule has 2 aromatic carbocycles. The predicted octanol–water partition coefficient (Wildman–Crippen LogP) is 5.89. The average molecular weight is 444 g/mol. The lowest BCUT2D eigenvalue weighted by Crippen LogP contribution is -1.80. The van der Waals surface area contributed by atoms with Gasteiger partial charge in [-0.15, -0.1) is 0 Å². The van der Waals surface area contributed by atoms with E-state index in [0.29, 0.717) is 0 Å². The maximum Gasteiger partial charge on any atom is 0.0466 e. The molecule has 0 unspecified atom stereocenters. The highest BCUT2D eigenvalue weighted by Gasteiger charge is 2.08. The number of hydrogen-bond acceptors (Lipinski definition) is 0. The van der Waals surface area contributed by atoms with Crippen molar-refractivity contribution in [1.29, 1.82) is 0 Å². The topological polar surface area (TPSA) is 0 Å². The molecule has 2 rings (SSSR count). The van der Waals surface area contributed by atoms with Crippen LogP contribution < -0.4 is 0 Å². The van der Waals surface area contributed by atoms with Crippen LogP contribution in [0.1, 0.15) is 0 Å². The number of halogens is 4. The van der Waals surface area contributed by atoms with Gasteiger partial charge in [0, 0.05) is 17.9 Å². The molecule has 0 aliphatic carbocycles. The van der Waals surface area contributed by atoms with Gasteiger partial charge >= 0.3 is 0 Å². The first-order valence-electron chi connectivity index (χ1n) is 3.83. The molecule has 0 amide bonds. The molecule has 0 radical (unpaired) electrons. The van der Waals surface area contributed by atoms with Gasteiger partial charge in [0.1, 0.15) is 0 Å². The third-order valence-corrected chi connectivity index (χ3v) is 5.99. The van der Waals surface area contributed by atoms with E-state index in [0.717, 1.165) is 17.9 Å². The van der Waals surface area contributed by atoms with E-state index in [4.69, 9.17) is 0 Å². The summed E-state index contributed by atoms with van der Waals surface area (Å²) in [5.41, 5.74) is 0. The van der Waals surface area contributed by atoms with Crippen molar-refractivity contribution in [3.8, 4) is 0 Å². The molecule has 0 spiro atoms. The lowest BCUT2D eigenvalue weighted by Gasteiger charge is -2.06. The van der Waals surface area contributed by atoms with E-state index in [2.05, 4.69) is 75.9 Å². The Labute approximate surface area is 116 Å². The highest BCUT2D eigenvalue weighted by atomic mass is 79.9. The zero-order chi connectivity index (χ0) is 10.3. The third kappa shape index (κ3) is 1.82. The quantitative estimate of drug-likeness (QED) is 0.445. The molecule has 0 N–H and O–H groups in total. The van der Waals surface area contributed by atoms with E-state index in [-0.39, 0.29) is 0 Å². The summed E-state index contributed by atoms with van der Waals surface area (Å²) in [5.74, 6) is 0. The van der Waals surface area contributed by atoms with E-state index in [1.807, 2.05) is 12.1 Å². The molecule has 0 aliphatic heterocycles. The van der Waals surface area contributed by atoms with Crippen molar-refractivity contribution in [1.82, 2.24) is 0 Å². The van der Waals surface area contributed by atoms with Crippen LogP contribution in [-0.4, -0.2) is 0 Å². The molecule has 0 saturated carbocycles. The summed E-state index contributed by atoms with van der Waals surface area (Å²) < 4.78 is 4.26. The Kier molecular flexibility index (Phi) is 3.37. The van der Waals surface area contributed by atoms with Gasteiger partial charge in [-0.05, 0) is 70.7 Å². The summed E-state index contributed by atoms with van der Waals surface area (Å²) in [6.07, 6.45) is 0. The first kappa shape index (κ1) is 11.1. The van der Waals surface area contributed by atoms with Crippen LogP contribution in [0.4, 0.5) is 0 Å². The second-order valence-electron chi connectivity index (χ2n) is 2.82. The molecule has 0 aliphatic rings. The highest BCUT2D eigenvalue weighted by Crippen LogP contribution is 2.39. The molecule has 2 aromatic rings. The third-order valence-electron chi connectivity index (χ3n) is 1.96. The largest absolute Gasteiger partial charge is 0.0605 e. The van der Waals surface area contributed by atoms with Crippen LogP contribution in [-0.2, 0) is 0 Å². The maximum atomic E-state index is 3.57. The van der Waals surface area contributed by atoms with Crippen molar-refractivity contribution >= 4 is 74.5 Å². The number of fused-ring (bicyclic) bond motifs is 1. The standard InChI is InChI=1S/C10H4Br4/c11-7-3-1-2-5-6(7)4-8(12)10(14)9(5)13/h1-4H. The summed E-state index contributed by atoms with van der Waals surface area (Å²) in [5, 5.41) is 2.38. The summed E-state index contributed by atoms with van der Waals surface area (Å²) >= 11 is 14.1. The minimum atomic E-state index is 1.04. The molecular weight excluding hydrogens is 440 g/mol. The molecule has 0 atom stereocenters. The van der Waals surface area contributed by atoms with Crippen LogP contribution in [0, 0.1) is 0 Å². The average Bonchev–Trinajstić information content (AvgIpc) is 2.17. The smallest absolute Gasteiger partial charge is 0.0466 e. The maximum absolute atomic E-state index is 3.57. The van der Waals surface area contributed by atoms with Gasteiger partial charge in [0.05, 0.1) is 0 Å². The van der Waals surface area contributed by atoms with Crippen LogP contribution in [0.3, 0.4) is 0 Å². The summed E-state index contributed by atoms with van der Waals surface area (Å²) in [6.45, 7) is 0. The molecule has 0 bridgehead atoms. The molecule has 0 aromatic heterocycles. The van der Waals surface area contributed by atoms with Crippen LogP contribution in [0.5, 0.6) is 0 Å². The first-order chi connectivity index (χ1) is 6.61. The lowest BCUT2D eigenvalue weighted by molar-refractivity contribution is 1.59. The minimum absolute atomic E-state index is 1.04. The Hall–Kier alpha value is 0.620. The second kappa shape index (κ2) is 4.24. The Morgan fingerprint density at radius 3 is 2.14 bits per heavy atom. The van der Waals surface area contributed by atoms with Gasteiger partial charge in [0.15, 0.2) is 0 Å². The van der Waals surface area contributed by atoms with Gasteiger partial charge in [-0.1, -0.05) is 28.1 Å².